The predicted molar refractivity (Wildman–Crippen MR) is 87.7 cm³/mol. The minimum atomic E-state index is 0.766. The van der Waals surface area contributed by atoms with Gasteiger partial charge in [-0.2, -0.15) is 0 Å². The minimum Gasteiger partial charge on any atom is -0.310 e. The molecule has 1 aliphatic carbocycles. The lowest BCUT2D eigenvalue weighted by Crippen LogP contribution is -2.51. The molecular formula is C19H28N2. The molecule has 4 rings (SSSR count). The normalized spacial score (nSPS) is 36.2. The van der Waals surface area contributed by atoms with Gasteiger partial charge in [-0.15, -0.1) is 0 Å². The first-order valence-electron chi connectivity index (χ1n) is 8.86. The quantitative estimate of drug-likeness (QED) is 0.914. The van der Waals surface area contributed by atoms with Crippen molar-refractivity contribution in [3.63, 3.8) is 0 Å². The Morgan fingerprint density at radius 3 is 2.86 bits per heavy atom. The Labute approximate surface area is 128 Å². The fourth-order valence-electron chi connectivity index (χ4n) is 4.69. The number of rotatable bonds is 3. The molecule has 0 aromatic heterocycles. The SMILES string of the molecule is Cc1cccc(C2CC(NC3CCN4CCCCC34)C2)c1. The van der Waals surface area contributed by atoms with Crippen molar-refractivity contribution in [3.8, 4) is 0 Å². The largest absolute Gasteiger partial charge is 0.310 e. The van der Waals surface area contributed by atoms with Gasteiger partial charge in [0.05, 0.1) is 0 Å². The molecule has 1 saturated carbocycles. The molecule has 21 heavy (non-hydrogen) atoms. The van der Waals surface area contributed by atoms with Crippen LogP contribution in [0.25, 0.3) is 0 Å². The summed E-state index contributed by atoms with van der Waals surface area (Å²) in [6.07, 6.45) is 8.33. The summed E-state index contributed by atoms with van der Waals surface area (Å²) in [5.41, 5.74) is 2.95. The summed E-state index contributed by atoms with van der Waals surface area (Å²) < 4.78 is 0. The van der Waals surface area contributed by atoms with Crippen molar-refractivity contribution in [3.05, 3.63) is 35.4 Å². The molecule has 2 heteroatoms. The van der Waals surface area contributed by atoms with Crippen LogP contribution in [0.15, 0.2) is 24.3 Å². The third-order valence-corrected chi connectivity index (χ3v) is 5.96. The zero-order valence-electron chi connectivity index (χ0n) is 13.2. The van der Waals surface area contributed by atoms with E-state index in [1.165, 1.54) is 57.2 Å². The van der Waals surface area contributed by atoms with E-state index in [4.69, 9.17) is 0 Å². The summed E-state index contributed by atoms with van der Waals surface area (Å²) in [6.45, 7) is 4.88. The minimum absolute atomic E-state index is 0.766. The number of fused-ring (bicyclic) bond motifs is 1. The lowest BCUT2D eigenvalue weighted by atomic mass is 9.75. The summed E-state index contributed by atoms with van der Waals surface area (Å²) in [7, 11) is 0. The molecule has 2 unspecified atom stereocenters. The molecular weight excluding hydrogens is 256 g/mol. The molecule has 0 radical (unpaired) electrons. The molecule has 0 amide bonds. The monoisotopic (exact) mass is 284 g/mol. The van der Waals surface area contributed by atoms with Crippen molar-refractivity contribution in [1.29, 1.82) is 0 Å². The van der Waals surface area contributed by atoms with E-state index in [1.807, 2.05) is 0 Å². The van der Waals surface area contributed by atoms with E-state index in [2.05, 4.69) is 41.4 Å². The van der Waals surface area contributed by atoms with Gasteiger partial charge in [0.1, 0.15) is 0 Å². The topological polar surface area (TPSA) is 15.3 Å². The number of hydrogen-bond acceptors (Lipinski definition) is 2. The number of nitrogens with zero attached hydrogens (tertiary/aromatic N) is 1. The molecule has 2 aliphatic heterocycles. The highest BCUT2D eigenvalue weighted by Gasteiger charge is 2.39. The van der Waals surface area contributed by atoms with Crippen molar-refractivity contribution < 1.29 is 0 Å². The van der Waals surface area contributed by atoms with Crippen LogP contribution in [0.1, 0.15) is 55.6 Å². The van der Waals surface area contributed by atoms with Gasteiger partial charge < -0.3 is 5.32 Å². The van der Waals surface area contributed by atoms with E-state index < -0.39 is 0 Å². The van der Waals surface area contributed by atoms with Crippen molar-refractivity contribution in [2.45, 2.75) is 69.5 Å². The predicted octanol–water partition coefficient (Wildman–Crippen LogP) is 3.46. The highest BCUT2D eigenvalue weighted by Crippen LogP contribution is 2.38. The highest BCUT2D eigenvalue weighted by atomic mass is 15.2. The van der Waals surface area contributed by atoms with Gasteiger partial charge >= 0.3 is 0 Å². The van der Waals surface area contributed by atoms with Gasteiger partial charge in [0.25, 0.3) is 0 Å². The van der Waals surface area contributed by atoms with E-state index in [9.17, 15) is 0 Å². The van der Waals surface area contributed by atoms with Crippen LogP contribution in [0.5, 0.6) is 0 Å². The Hall–Kier alpha value is -0.860. The fraction of sp³-hybridized carbons (Fsp3) is 0.684. The maximum Gasteiger partial charge on any atom is 0.0249 e. The molecule has 1 aromatic rings. The fourth-order valence-corrected chi connectivity index (χ4v) is 4.69. The Morgan fingerprint density at radius 1 is 1.10 bits per heavy atom. The second kappa shape index (κ2) is 5.73. The van der Waals surface area contributed by atoms with Gasteiger partial charge in [-0.05, 0) is 57.1 Å². The Bertz CT molecular complexity index is 492. The second-order valence-corrected chi connectivity index (χ2v) is 7.44. The maximum absolute atomic E-state index is 3.99. The van der Waals surface area contributed by atoms with Gasteiger partial charge in [0.15, 0.2) is 0 Å². The van der Waals surface area contributed by atoms with Crippen LogP contribution in [0.4, 0.5) is 0 Å². The molecule has 0 spiro atoms. The van der Waals surface area contributed by atoms with Gasteiger partial charge in [-0.3, -0.25) is 4.90 Å². The average molecular weight is 284 g/mol. The summed E-state index contributed by atoms with van der Waals surface area (Å²) in [5.74, 6) is 0.797. The highest BCUT2D eigenvalue weighted by molar-refractivity contribution is 5.27. The van der Waals surface area contributed by atoms with Gasteiger partial charge in [0, 0.05) is 24.7 Å². The third kappa shape index (κ3) is 2.76. The summed E-state index contributed by atoms with van der Waals surface area (Å²) in [6, 6.07) is 11.5. The zero-order valence-corrected chi connectivity index (χ0v) is 13.2. The van der Waals surface area contributed by atoms with Crippen LogP contribution < -0.4 is 5.32 Å². The molecule has 2 heterocycles. The molecule has 2 saturated heterocycles. The van der Waals surface area contributed by atoms with Crippen molar-refractivity contribution >= 4 is 0 Å². The Balaban J connectivity index is 1.30. The molecule has 0 bridgehead atoms. The summed E-state index contributed by atoms with van der Waals surface area (Å²) in [4.78, 5) is 2.73. The first-order valence-corrected chi connectivity index (χ1v) is 8.86. The molecule has 3 fully saturated rings. The van der Waals surface area contributed by atoms with Gasteiger partial charge in [-0.25, -0.2) is 0 Å². The number of nitrogens with one attached hydrogen (secondary N) is 1. The van der Waals surface area contributed by atoms with E-state index in [-0.39, 0.29) is 0 Å². The number of piperidine rings is 1. The molecule has 2 atom stereocenters. The van der Waals surface area contributed by atoms with Crippen LogP contribution in [0.3, 0.4) is 0 Å². The van der Waals surface area contributed by atoms with Crippen LogP contribution in [-0.4, -0.2) is 36.1 Å². The number of hydrogen-bond donors (Lipinski definition) is 1. The average Bonchev–Trinajstić information content (AvgIpc) is 2.85. The van der Waals surface area contributed by atoms with E-state index in [0.717, 1.165) is 24.0 Å². The first-order chi connectivity index (χ1) is 10.3. The number of aryl methyl sites for hydroxylation is 1. The maximum atomic E-state index is 3.99. The zero-order chi connectivity index (χ0) is 14.2. The van der Waals surface area contributed by atoms with E-state index >= 15 is 0 Å². The molecule has 2 nitrogen and oxygen atoms in total. The van der Waals surface area contributed by atoms with Gasteiger partial charge in [0.2, 0.25) is 0 Å². The summed E-state index contributed by atoms with van der Waals surface area (Å²) >= 11 is 0. The second-order valence-electron chi connectivity index (χ2n) is 7.44. The number of benzene rings is 1. The Morgan fingerprint density at radius 2 is 2.00 bits per heavy atom. The van der Waals surface area contributed by atoms with Crippen LogP contribution >= 0.6 is 0 Å². The van der Waals surface area contributed by atoms with Crippen molar-refractivity contribution in [2.24, 2.45) is 0 Å². The van der Waals surface area contributed by atoms with Crippen molar-refractivity contribution in [1.82, 2.24) is 10.2 Å². The molecule has 1 N–H and O–H groups in total. The van der Waals surface area contributed by atoms with E-state index in [1.54, 1.807) is 5.56 Å². The summed E-state index contributed by atoms with van der Waals surface area (Å²) in [5, 5.41) is 3.99. The standard InChI is InChI=1S/C19H28N2/c1-14-5-4-6-15(11-14)16-12-17(13-16)20-18-8-10-21-9-3-2-7-19(18)21/h4-6,11,16-20H,2-3,7-10,12-13H2,1H3. The van der Waals surface area contributed by atoms with Crippen molar-refractivity contribution in [2.75, 3.05) is 13.1 Å². The molecule has 114 valence electrons. The smallest absolute Gasteiger partial charge is 0.0249 e. The van der Waals surface area contributed by atoms with Gasteiger partial charge in [-0.1, -0.05) is 36.2 Å². The van der Waals surface area contributed by atoms with Crippen LogP contribution in [-0.2, 0) is 0 Å². The lowest BCUT2D eigenvalue weighted by Gasteiger charge is -2.41. The third-order valence-electron chi connectivity index (χ3n) is 5.96. The van der Waals surface area contributed by atoms with Crippen LogP contribution in [0, 0.1) is 6.92 Å². The first kappa shape index (κ1) is 13.8. The lowest BCUT2D eigenvalue weighted by molar-refractivity contribution is 0.164. The van der Waals surface area contributed by atoms with E-state index in [0.29, 0.717) is 0 Å². The molecule has 1 aromatic carbocycles. The molecule has 3 aliphatic rings. The Kier molecular flexibility index (Phi) is 3.76. The van der Waals surface area contributed by atoms with Crippen LogP contribution in [0.2, 0.25) is 0 Å².